The molecule has 0 radical (unpaired) electrons. The predicted molar refractivity (Wildman–Crippen MR) is 56.5 cm³/mol. The van der Waals surface area contributed by atoms with Crippen LogP contribution < -0.4 is 5.32 Å². The molecule has 2 N–H and O–H groups in total. The summed E-state index contributed by atoms with van der Waals surface area (Å²) in [5.74, 6) is -0.435. The number of rotatable bonds is 8. The first-order valence-electron chi connectivity index (χ1n) is 5.15. The molecule has 0 saturated carbocycles. The molecular formula is C10H21NO4. The monoisotopic (exact) mass is 219 g/mol. The molecule has 0 bridgehead atoms. The van der Waals surface area contributed by atoms with E-state index >= 15 is 0 Å². The molecule has 0 aliphatic rings. The largest absolute Gasteiger partial charge is 0.466 e. The molecule has 5 heteroatoms. The van der Waals surface area contributed by atoms with Gasteiger partial charge in [0, 0.05) is 13.7 Å². The van der Waals surface area contributed by atoms with E-state index in [1.165, 1.54) is 0 Å². The Balaban J connectivity index is 3.76. The highest BCUT2D eigenvalue weighted by Crippen LogP contribution is 1.97. The number of methoxy groups -OCH3 is 1. The molecule has 0 saturated heterocycles. The lowest BCUT2D eigenvalue weighted by atomic mass is 10.1. The molecule has 0 amide bonds. The minimum absolute atomic E-state index is 0.0105. The van der Waals surface area contributed by atoms with Gasteiger partial charge in [0.2, 0.25) is 0 Å². The van der Waals surface area contributed by atoms with Gasteiger partial charge in [0.25, 0.3) is 0 Å². The van der Waals surface area contributed by atoms with Crippen molar-refractivity contribution < 1.29 is 19.4 Å². The van der Waals surface area contributed by atoms with Crippen LogP contribution in [0.15, 0.2) is 0 Å². The van der Waals surface area contributed by atoms with Crippen LogP contribution in [0.1, 0.15) is 13.8 Å². The van der Waals surface area contributed by atoms with Crippen LogP contribution in [0.3, 0.4) is 0 Å². The Morgan fingerprint density at radius 1 is 1.53 bits per heavy atom. The highest BCUT2D eigenvalue weighted by Gasteiger charge is 2.15. The molecule has 15 heavy (non-hydrogen) atoms. The van der Waals surface area contributed by atoms with Gasteiger partial charge in [-0.3, -0.25) is 4.79 Å². The lowest BCUT2D eigenvalue weighted by molar-refractivity contribution is -0.147. The Kier molecular flexibility index (Phi) is 8.27. The average Bonchev–Trinajstić information content (AvgIpc) is 2.24. The first kappa shape index (κ1) is 14.3. The number of hydrogen-bond donors (Lipinski definition) is 2. The lowest BCUT2D eigenvalue weighted by Crippen LogP contribution is -2.40. The van der Waals surface area contributed by atoms with Crippen molar-refractivity contribution in [3.8, 4) is 0 Å². The standard InChI is InChI=1S/C10H21NO4/c1-4-15-10(13)8(2)5-11-9(6-12)7-14-3/h8-9,11-12H,4-7H2,1-3H3. The van der Waals surface area contributed by atoms with Crippen molar-refractivity contribution >= 4 is 5.97 Å². The van der Waals surface area contributed by atoms with Gasteiger partial charge in [0.15, 0.2) is 0 Å². The van der Waals surface area contributed by atoms with Crippen LogP contribution in [-0.2, 0) is 14.3 Å². The van der Waals surface area contributed by atoms with Gasteiger partial charge in [-0.15, -0.1) is 0 Å². The van der Waals surface area contributed by atoms with Crippen molar-refractivity contribution in [3.05, 3.63) is 0 Å². The predicted octanol–water partition coefficient (Wildman–Crippen LogP) is -0.217. The first-order valence-corrected chi connectivity index (χ1v) is 5.15. The zero-order valence-electron chi connectivity index (χ0n) is 9.66. The Morgan fingerprint density at radius 3 is 2.67 bits per heavy atom. The van der Waals surface area contributed by atoms with Crippen LogP contribution in [0.2, 0.25) is 0 Å². The molecule has 5 nitrogen and oxygen atoms in total. The van der Waals surface area contributed by atoms with E-state index in [4.69, 9.17) is 14.6 Å². The molecule has 0 heterocycles. The van der Waals surface area contributed by atoms with E-state index < -0.39 is 0 Å². The number of carbonyl (C=O) groups excluding carboxylic acids is 1. The van der Waals surface area contributed by atoms with Gasteiger partial charge in [-0.1, -0.05) is 6.92 Å². The molecule has 0 spiro atoms. The van der Waals surface area contributed by atoms with Gasteiger partial charge in [0.05, 0.1) is 31.8 Å². The van der Waals surface area contributed by atoms with E-state index in [0.29, 0.717) is 19.8 Å². The van der Waals surface area contributed by atoms with Crippen molar-refractivity contribution in [3.63, 3.8) is 0 Å². The Labute approximate surface area is 90.8 Å². The topological polar surface area (TPSA) is 67.8 Å². The molecule has 0 fully saturated rings. The molecule has 0 aromatic rings. The third kappa shape index (κ3) is 6.43. The van der Waals surface area contributed by atoms with Gasteiger partial charge < -0.3 is 19.9 Å². The third-order valence-electron chi connectivity index (χ3n) is 1.99. The molecule has 2 unspecified atom stereocenters. The molecule has 0 aromatic carbocycles. The summed E-state index contributed by atoms with van der Waals surface area (Å²) in [6.45, 7) is 4.85. The second-order valence-electron chi connectivity index (χ2n) is 3.40. The fourth-order valence-electron chi connectivity index (χ4n) is 1.09. The second kappa shape index (κ2) is 8.64. The van der Waals surface area contributed by atoms with Crippen LogP contribution in [0.25, 0.3) is 0 Å². The van der Waals surface area contributed by atoms with Crippen molar-refractivity contribution in [1.82, 2.24) is 5.32 Å². The molecule has 0 aliphatic carbocycles. The fraction of sp³-hybridized carbons (Fsp3) is 0.900. The van der Waals surface area contributed by atoms with Gasteiger partial charge in [-0.05, 0) is 6.92 Å². The summed E-state index contributed by atoms with van der Waals surface area (Å²) in [6, 6.07) is -0.133. The molecular weight excluding hydrogens is 198 g/mol. The van der Waals surface area contributed by atoms with Crippen LogP contribution in [0, 0.1) is 5.92 Å². The van der Waals surface area contributed by atoms with Crippen molar-refractivity contribution in [2.75, 3.05) is 33.5 Å². The van der Waals surface area contributed by atoms with E-state index in [1.54, 1.807) is 21.0 Å². The number of carbonyl (C=O) groups is 1. The molecule has 90 valence electrons. The highest BCUT2D eigenvalue weighted by molar-refractivity contribution is 5.72. The van der Waals surface area contributed by atoms with Gasteiger partial charge in [-0.25, -0.2) is 0 Å². The van der Waals surface area contributed by atoms with E-state index in [0.717, 1.165) is 0 Å². The van der Waals surface area contributed by atoms with Crippen molar-refractivity contribution in [1.29, 1.82) is 0 Å². The molecule has 0 rings (SSSR count). The Hall–Kier alpha value is -0.650. The summed E-state index contributed by atoms with van der Waals surface area (Å²) in [5.41, 5.74) is 0. The summed E-state index contributed by atoms with van der Waals surface area (Å²) in [5, 5.41) is 12.0. The molecule has 0 aromatic heterocycles. The number of nitrogens with one attached hydrogen (secondary N) is 1. The van der Waals surface area contributed by atoms with E-state index in [2.05, 4.69) is 5.32 Å². The van der Waals surface area contributed by atoms with Gasteiger partial charge in [0.1, 0.15) is 0 Å². The average molecular weight is 219 g/mol. The smallest absolute Gasteiger partial charge is 0.309 e. The second-order valence-corrected chi connectivity index (χ2v) is 3.40. The highest BCUT2D eigenvalue weighted by atomic mass is 16.5. The third-order valence-corrected chi connectivity index (χ3v) is 1.99. The minimum atomic E-state index is -0.223. The number of ether oxygens (including phenoxy) is 2. The lowest BCUT2D eigenvalue weighted by Gasteiger charge is -2.17. The SMILES string of the molecule is CCOC(=O)C(C)CNC(CO)COC. The van der Waals surface area contributed by atoms with E-state index in [1.807, 2.05) is 0 Å². The van der Waals surface area contributed by atoms with Crippen molar-refractivity contribution in [2.45, 2.75) is 19.9 Å². The number of aliphatic hydroxyl groups excluding tert-OH is 1. The van der Waals surface area contributed by atoms with Crippen LogP contribution in [0.4, 0.5) is 0 Å². The Morgan fingerprint density at radius 2 is 2.20 bits per heavy atom. The number of esters is 1. The fourth-order valence-corrected chi connectivity index (χ4v) is 1.09. The van der Waals surface area contributed by atoms with Crippen LogP contribution in [0.5, 0.6) is 0 Å². The van der Waals surface area contributed by atoms with Gasteiger partial charge in [-0.2, -0.15) is 0 Å². The maximum absolute atomic E-state index is 11.2. The summed E-state index contributed by atoms with van der Waals surface area (Å²) in [6.07, 6.45) is 0. The normalized spacial score (nSPS) is 14.7. The van der Waals surface area contributed by atoms with Crippen molar-refractivity contribution in [2.24, 2.45) is 5.92 Å². The molecule has 2 atom stereocenters. The summed E-state index contributed by atoms with van der Waals surface area (Å²) in [4.78, 5) is 11.2. The maximum atomic E-state index is 11.2. The van der Waals surface area contributed by atoms with E-state index in [9.17, 15) is 4.79 Å². The summed E-state index contributed by atoms with van der Waals surface area (Å²) in [7, 11) is 1.57. The zero-order valence-corrected chi connectivity index (χ0v) is 9.66. The summed E-state index contributed by atoms with van der Waals surface area (Å²) < 4.78 is 9.75. The number of aliphatic hydroxyl groups is 1. The number of hydrogen-bond acceptors (Lipinski definition) is 5. The van der Waals surface area contributed by atoms with E-state index in [-0.39, 0.29) is 24.5 Å². The zero-order chi connectivity index (χ0) is 11.7. The minimum Gasteiger partial charge on any atom is -0.466 e. The van der Waals surface area contributed by atoms with Crippen LogP contribution >= 0.6 is 0 Å². The van der Waals surface area contributed by atoms with Crippen LogP contribution in [-0.4, -0.2) is 50.6 Å². The Bertz CT molecular complexity index is 175. The van der Waals surface area contributed by atoms with Gasteiger partial charge >= 0.3 is 5.97 Å². The molecule has 0 aliphatic heterocycles. The maximum Gasteiger partial charge on any atom is 0.309 e. The summed E-state index contributed by atoms with van der Waals surface area (Å²) >= 11 is 0. The quantitative estimate of drug-likeness (QED) is 0.553. The first-order chi connectivity index (χ1) is 7.15.